The van der Waals surface area contributed by atoms with Gasteiger partial charge in [-0.3, -0.25) is 24.9 Å². The molecule has 22 heavy (non-hydrogen) atoms. The molecule has 0 unspecified atom stereocenters. The number of hydrogen-bond donors (Lipinski definition) is 6. The molecule has 13 heteroatoms. The van der Waals surface area contributed by atoms with Gasteiger partial charge in [0.1, 0.15) is 24.1 Å². The molecule has 124 valence electrons. The molecule has 2 heterocycles. The fraction of sp³-hybridized carbons (Fsp3) is 0.667. The zero-order valence-electron chi connectivity index (χ0n) is 10.9. The maximum atomic E-state index is 11.7. The number of ether oxygens (including phenoxy) is 1. The Bertz CT molecular complexity index is 528. The van der Waals surface area contributed by atoms with E-state index in [4.69, 9.17) is 19.9 Å². The normalized spacial score (nSPS) is 33.3. The number of carbonyl (C=O) groups excluding carboxylic acids is 2. The van der Waals surface area contributed by atoms with E-state index in [-0.39, 0.29) is 0 Å². The van der Waals surface area contributed by atoms with E-state index in [0.717, 1.165) is 0 Å². The number of phosphoric acid groups is 1. The molecule has 0 aromatic carbocycles. The molecule has 2 aliphatic rings. The van der Waals surface area contributed by atoms with E-state index in [1.54, 1.807) is 0 Å². The summed E-state index contributed by atoms with van der Waals surface area (Å²) in [7, 11) is -4.80. The number of aliphatic hydroxyl groups is 2. The molecule has 0 saturated carbocycles. The molecular weight excluding hydrogens is 325 g/mol. The summed E-state index contributed by atoms with van der Waals surface area (Å²) < 4.78 is 19.9. The smallest absolute Gasteiger partial charge is 0.387 e. The number of phosphoric ester groups is 1. The second kappa shape index (κ2) is 6.01. The largest absolute Gasteiger partial charge is 0.469 e. The SMILES string of the molecule is N=C1CC(=O)NC(=O)N1[C@@H]1O[C@H](COP(=O)(O)O)[C@@H](O)[C@H]1O. The van der Waals surface area contributed by atoms with Crippen LogP contribution in [-0.2, 0) is 18.6 Å². The molecule has 2 aliphatic heterocycles. The molecule has 0 aromatic rings. The van der Waals surface area contributed by atoms with Gasteiger partial charge in [-0.2, -0.15) is 0 Å². The highest BCUT2D eigenvalue weighted by molar-refractivity contribution is 7.46. The van der Waals surface area contributed by atoms with Gasteiger partial charge < -0.3 is 24.7 Å². The predicted molar refractivity (Wildman–Crippen MR) is 66.4 cm³/mol. The molecule has 0 spiro atoms. The van der Waals surface area contributed by atoms with E-state index in [9.17, 15) is 24.4 Å². The third-order valence-electron chi connectivity index (χ3n) is 3.08. The van der Waals surface area contributed by atoms with Crippen molar-refractivity contribution in [1.82, 2.24) is 10.2 Å². The van der Waals surface area contributed by atoms with Crippen LogP contribution in [-0.4, -0.2) is 73.8 Å². The summed E-state index contributed by atoms with van der Waals surface area (Å²) in [5, 5.41) is 29.2. The first-order valence-corrected chi connectivity index (χ1v) is 7.55. The highest BCUT2D eigenvalue weighted by Crippen LogP contribution is 2.37. The summed E-state index contributed by atoms with van der Waals surface area (Å²) in [6, 6.07) is -1.01. The highest BCUT2D eigenvalue weighted by Gasteiger charge is 2.49. The van der Waals surface area contributed by atoms with Gasteiger partial charge in [-0.1, -0.05) is 0 Å². The quantitative estimate of drug-likeness (QED) is 0.300. The molecule has 6 N–H and O–H groups in total. The van der Waals surface area contributed by atoms with Gasteiger partial charge in [-0.15, -0.1) is 0 Å². The number of amides is 3. The Kier molecular flexibility index (Phi) is 4.63. The standard InChI is InChI=1S/C9H14N3O9P/c10-4-1-5(13)11-9(16)12(4)8-7(15)6(14)3(21-8)2-20-22(17,18)19/h3,6-8,10,14-15H,1-2H2,(H,11,13,16)(H2,17,18,19)/t3-,6-,7-,8-/m1/s1. The molecule has 2 saturated heterocycles. The van der Waals surface area contributed by atoms with Crippen molar-refractivity contribution in [3.63, 3.8) is 0 Å². The number of amidine groups is 1. The molecule has 4 atom stereocenters. The van der Waals surface area contributed by atoms with Gasteiger partial charge in [0.15, 0.2) is 6.23 Å². The van der Waals surface area contributed by atoms with E-state index < -0.39 is 63.2 Å². The van der Waals surface area contributed by atoms with Crippen molar-refractivity contribution in [3.8, 4) is 0 Å². The number of nitrogens with one attached hydrogen (secondary N) is 2. The fourth-order valence-electron chi connectivity index (χ4n) is 2.10. The minimum atomic E-state index is -4.80. The number of carbonyl (C=O) groups is 2. The topological polar surface area (TPSA) is 190 Å². The van der Waals surface area contributed by atoms with Gasteiger partial charge in [0.25, 0.3) is 0 Å². The Hall–Kier alpha value is -1.40. The number of nitrogens with zero attached hydrogens (tertiary/aromatic N) is 1. The zero-order valence-corrected chi connectivity index (χ0v) is 11.8. The number of aliphatic hydroxyl groups excluding tert-OH is 2. The maximum Gasteiger partial charge on any atom is 0.469 e. The molecule has 12 nitrogen and oxygen atoms in total. The molecule has 0 aliphatic carbocycles. The summed E-state index contributed by atoms with van der Waals surface area (Å²) >= 11 is 0. The lowest BCUT2D eigenvalue weighted by atomic mass is 10.1. The van der Waals surface area contributed by atoms with Crippen LogP contribution in [0, 0.1) is 5.41 Å². The van der Waals surface area contributed by atoms with Crippen LogP contribution in [0.25, 0.3) is 0 Å². The molecule has 3 amide bonds. The first-order valence-electron chi connectivity index (χ1n) is 6.02. The van der Waals surface area contributed by atoms with E-state index in [1.807, 2.05) is 5.32 Å². The third kappa shape index (κ3) is 3.50. The lowest BCUT2D eigenvalue weighted by Gasteiger charge is -2.32. The monoisotopic (exact) mass is 339 g/mol. The Morgan fingerprint density at radius 1 is 1.36 bits per heavy atom. The lowest BCUT2D eigenvalue weighted by molar-refractivity contribution is -0.120. The first kappa shape index (κ1) is 17.0. The Morgan fingerprint density at radius 2 is 2.00 bits per heavy atom. The van der Waals surface area contributed by atoms with Gasteiger partial charge in [0.05, 0.1) is 13.0 Å². The van der Waals surface area contributed by atoms with E-state index >= 15 is 0 Å². The molecule has 2 fully saturated rings. The second-order valence-corrected chi connectivity index (χ2v) is 5.92. The van der Waals surface area contributed by atoms with Crippen molar-refractivity contribution in [3.05, 3.63) is 0 Å². The molecule has 2 rings (SSSR count). The maximum absolute atomic E-state index is 11.7. The summed E-state index contributed by atoms with van der Waals surface area (Å²) in [5.74, 6) is -1.14. The summed E-state index contributed by atoms with van der Waals surface area (Å²) in [6.45, 7) is -0.735. The molecule has 0 radical (unpaired) electrons. The predicted octanol–water partition coefficient (Wildman–Crippen LogP) is -2.54. The minimum Gasteiger partial charge on any atom is -0.387 e. The van der Waals surface area contributed by atoms with Crippen molar-refractivity contribution in [2.75, 3.05) is 6.61 Å². The average Bonchev–Trinajstić information content (AvgIpc) is 2.63. The highest BCUT2D eigenvalue weighted by atomic mass is 31.2. The van der Waals surface area contributed by atoms with Gasteiger partial charge >= 0.3 is 13.9 Å². The van der Waals surface area contributed by atoms with Gasteiger partial charge in [-0.05, 0) is 0 Å². The Morgan fingerprint density at radius 3 is 2.55 bits per heavy atom. The Labute approximate surface area is 123 Å². The lowest BCUT2D eigenvalue weighted by Crippen LogP contribution is -2.59. The van der Waals surface area contributed by atoms with Crippen LogP contribution >= 0.6 is 7.82 Å². The van der Waals surface area contributed by atoms with Crippen molar-refractivity contribution in [1.29, 1.82) is 5.41 Å². The Balaban J connectivity index is 2.09. The van der Waals surface area contributed by atoms with Crippen molar-refractivity contribution in [2.45, 2.75) is 31.0 Å². The van der Waals surface area contributed by atoms with E-state index in [0.29, 0.717) is 4.90 Å². The van der Waals surface area contributed by atoms with Gasteiger partial charge in [0, 0.05) is 0 Å². The number of hydrogen-bond acceptors (Lipinski definition) is 8. The third-order valence-corrected chi connectivity index (χ3v) is 3.57. The summed E-state index contributed by atoms with van der Waals surface area (Å²) in [4.78, 5) is 40.7. The molecule has 0 aromatic heterocycles. The molecular formula is C9H14N3O9P. The van der Waals surface area contributed by atoms with Gasteiger partial charge in [0.2, 0.25) is 5.91 Å². The number of imide groups is 1. The van der Waals surface area contributed by atoms with Crippen LogP contribution in [0.1, 0.15) is 6.42 Å². The zero-order chi connectivity index (χ0) is 16.7. The second-order valence-electron chi connectivity index (χ2n) is 4.68. The van der Waals surface area contributed by atoms with E-state index in [2.05, 4.69) is 4.52 Å². The van der Waals surface area contributed by atoms with Crippen molar-refractivity contribution < 1.29 is 43.4 Å². The van der Waals surface area contributed by atoms with Crippen LogP contribution < -0.4 is 5.32 Å². The minimum absolute atomic E-state index is 0.419. The van der Waals surface area contributed by atoms with Crippen LogP contribution in [0.4, 0.5) is 4.79 Å². The van der Waals surface area contributed by atoms with Crippen molar-refractivity contribution >= 4 is 25.6 Å². The molecule has 0 bridgehead atoms. The summed E-state index contributed by atoms with van der Waals surface area (Å²) in [6.07, 6.45) is -6.48. The fourth-order valence-corrected chi connectivity index (χ4v) is 2.44. The van der Waals surface area contributed by atoms with Crippen LogP contribution in [0.15, 0.2) is 0 Å². The van der Waals surface area contributed by atoms with Crippen LogP contribution in [0.5, 0.6) is 0 Å². The van der Waals surface area contributed by atoms with Gasteiger partial charge in [-0.25, -0.2) is 9.36 Å². The first-order chi connectivity index (χ1) is 10.1. The van der Waals surface area contributed by atoms with Crippen molar-refractivity contribution in [2.24, 2.45) is 0 Å². The van der Waals surface area contributed by atoms with Crippen LogP contribution in [0.3, 0.4) is 0 Å². The van der Waals surface area contributed by atoms with Crippen LogP contribution in [0.2, 0.25) is 0 Å². The number of rotatable bonds is 4. The average molecular weight is 339 g/mol. The summed E-state index contributed by atoms with van der Waals surface area (Å²) in [5.41, 5.74) is 0. The van der Waals surface area contributed by atoms with E-state index in [1.165, 1.54) is 0 Å². The number of urea groups is 1.